The normalized spacial score (nSPS) is 23.5. The van der Waals surface area contributed by atoms with Gasteiger partial charge in [-0.3, -0.25) is 4.79 Å². The van der Waals surface area contributed by atoms with Crippen LogP contribution in [-0.2, 0) is 14.3 Å². The molecule has 0 bridgehead atoms. The van der Waals surface area contributed by atoms with Crippen LogP contribution in [0, 0.1) is 0 Å². The molecule has 1 saturated heterocycles. The molecule has 1 N–H and O–H groups in total. The van der Waals surface area contributed by atoms with Crippen LogP contribution in [0.3, 0.4) is 0 Å². The highest BCUT2D eigenvalue weighted by molar-refractivity contribution is 5.88. The number of carbonyl (C=O) groups excluding carboxylic acids is 2. The summed E-state index contributed by atoms with van der Waals surface area (Å²) in [6.07, 6.45) is -5.08. The highest BCUT2D eigenvalue weighted by atomic mass is 19.4. The van der Waals surface area contributed by atoms with Gasteiger partial charge in [-0.1, -0.05) is 13.3 Å². The second kappa shape index (κ2) is 6.23. The zero-order chi connectivity index (χ0) is 14.6. The molecule has 110 valence electrons. The molecule has 1 amide bonds. The van der Waals surface area contributed by atoms with Gasteiger partial charge in [-0.05, 0) is 6.42 Å². The summed E-state index contributed by atoms with van der Waals surface area (Å²) >= 11 is 0. The van der Waals surface area contributed by atoms with Crippen molar-refractivity contribution in [2.24, 2.45) is 0 Å². The first-order valence-corrected chi connectivity index (χ1v) is 5.99. The molecule has 0 spiro atoms. The number of nitrogens with zero attached hydrogens (tertiary/aromatic N) is 1. The predicted octanol–water partition coefficient (Wildman–Crippen LogP) is 0.854. The van der Waals surface area contributed by atoms with E-state index < -0.39 is 36.7 Å². The van der Waals surface area contributed by atoms with Crippen molar-refractivity contribution in [2.75, 3.05) is 13.2 Å². The van der Waals surface area contributed by atoms with Crippen LogP contribution in [0.25, 0.3) is 0 Å². The molecule has 0 aromatic heterocycles. The molecule has 1 rings (SSSR count). The number of aliphatic hydroxyl groups is 1. The largest absolute Gasteiger partial charge is 0.471 e. The van der Waals surface area contributed by atoms with E-state index in [9.17, 15) is 27.9 Å². The molecule has 0 aromatic carbocycles. The third kappa shape index (κ3) is 4.09. The lowest BCUT2D eigenvalue weighted by Gasteiger charge is -2.23. The molecule has 0 saturated carbocycles. The number of hydrogen-bond donors (Lipinski definition) is 1. The van der Waals surface area contributed by atoms with Crippen molar-refractivity contribution in [1.82, 2.24) is 4.90 Å². The molecule has 19 heavy (non-hydrogen) atoms. The van der Waals surface area contributed by atoms with E-state index in [-0.39, 0.29) is 13.0 Å². The van der Waals surface area contributed by atoms with Crippen LogP contribution in [0.4, 0.5) is 13.2 Å². The van der Waals surface area contributed by atoms with E-state index in [1.54, 1.807) is 0 Å². The number of β-amino-alcohol motifs (C(OH)–C–C–N with tert-alkyl or cyclic N) is 1. The predicted molar refractivity (Wildman–Crippen MR) is 58.0 cm³/mol. The molecule has 5 nitrogen and oxygen atoms in total. The van der Waals surface area contributed by atoms with Gasteiger partial charge in [-0.25, -0.2) is 4.79 Å². The van der Waals surface area contributed by atoms with Gasteiger partial charge in [0.1, 0.15) is 6.04 Å². The van der Waals surface area contributed by atoms with E-state index in [1.165, 1.54) is 0 Å². The van der Waals surface area contributed by atoms with Crippen LogP contribution >= 0.6 is 0 Å². The van der Waals surface area contributed by atoms with E-state index in [0.717, 1.165) is 6.42 Å². The molecule has 1 aliphatic heterocycles. The summed E-state index contributed by atoms with van der Waals surface area (Å²) < 4.78 is 41.8. The molecule has 1 unspecified atom stereocenters. The number of halogens is 3. The van der Waals surface area contributed by atoms with Gasteiger partial charge in [-0.2, -0.15) is 13.2 Å². The van der Waals surface area contributed by atoms with Crippen molar-refractivity contribution in [2.45, 2.75) is 44.5 Å². The van der Waals surface area contributed by atoms with Crippen molar-refractivity contribution < 1.29 is 32.6 Å². The van der Waals surface area contributed by atoms with Gasteiger partial charge < -0.3 is 14.7 Å². The number of unbranched alkanes of at least 4 members (excludes halogenated alkanes) is 1. The van der Waals surface area contributed by atoms with Gasteiger partial charge in [0.25, 0.3) is 0 Å². The summed E-state index contributed by atoms with van der Waals surface area (Å²) in [5, 5.41) is 9.34. The highest BCUT2D eigenvalue weighted by Gasteiger charge is 2.50. The van der Waals surface area contributed by atoms with Crippen LogP contribution in [0.2, 0.25) is 0 Å². The average molecular weight is 283 g/mol. The van der Waals surface area contributed by atoms with Crippen LogP contribution in [0.15, 0.2) is 0 Å². The molecule has 1 heterocycles. The smallest absolute Gasteiger partial charge is 0.464 e. The third-order valence-electron chi connectivity index (χ3n) is 2.80. The Morgan fingerprint density at radius 1 is 1.42 bits per heavy atom. The van der Waals surface area contributed by atoms with Gasteiger partial charge in [0, 0.05) is 13.0 Å². The zero-order valence-electron chi connectivity index (χ0n) is 10.4. The maximum atomic E-state index is 12.3. The molecular weight excluding hydrogens is 267 g/mol. The van der Waals surface area contributed by atoms with Gasteiger partial charge in [0.05, 0.1) is 12.7 Å². The quantitative estimate of drug-likeness (QED) is 0.613. The van der Waals surface area contributed by atoms with Crippen LogP contribution in [-0.4, -0.2) is 53.4 Å². The summed E-state index contributed by atoms with van der Waals surface area (Å²) in [6.45, 7) is 1.45. The first-order valence-electron chi connectivity index (χ1n) is 5.99. The van der Waals surface area contributed by atoms with Crippen molar-refractivity contribution in [3.8, 4) is 0 Å². The molecule has 0 radical (unpaired) electrons. The summed E-state index contributed by atoms with van der Waals surface area (Å²) in [4.78, 5) is 23.1. The maximum absolute atomic E-state index is 12.3. The lowest BCUT2D eigenvalue weighted by molar-refractivity contribution is -0.188. The number of alkyl halides is 3. The fourth-order valence-electron chi connectivity index (χ4n) is 1.84. The lowest BCUT2D eigenvalue weighted by atomic mass is 10.2. The van der Waals surface area contributed by atoms with Gasteiger partial charge in [0.2, 0.25) is 0 Å². The van der Waals surface area contributed by atoms with Crippen molar-refractivity contribution in [3.05, 3.63) is 0 Å². The number of carbonyl (C=O) groups is 2. The molecule has 1 fully saturated rings. The molecule has 0 aliphatic carbocycles. The summed E-state index contributed by atoms with van der Waals surface area (Å²) in [5.41, 5.74) is 0. The first-order chi connectivity index (χ1) is 8.77. The van der Waals surface area contributed by atoms with Crippen LogP contribution < -0.4 is 0 Å². The van der Waals surface area contributed by atoms with Gasteiger partial charge in [0.15, 0.2) is 0 Å². The van der Waals surface area contributed by atoms with Crippen LogP contribution in [0.1, 0.15) is 26.2 Å². The maximum Gasteiger partial charge on any atom is 0.471 e. The van der Waals surface area contributed by atoms with Crippen LogP contribution in [0.5, 0.6) is 0 Å². The fourth-order valence-corrected chi connectivity index (χ4v) is 1.84. The highest BCUT2D eigenvalue weighted by Crippen LogP contribution is 2.26. The second-order valence-corrected chi connectivity index (χ2v) is 4.38. The number of esters is 1. The second-order valence-electron chi connectivity index (χ2n) is 4.38. The molecule has 1 aliphatic rings. The Morgan fingerprint density at radius 2 is 2.05 bits per heavy atom. The van der Waals surface area contributed by atoms with E-state index in [2.05, 4.69) is 0 Å². The van der Waals surface area contributed by atoms with E-state index >= 15 is 0 Å². The summed E-state index contributed by atoms with van der Waals surface area (Å²) in [5.74, 6) is -3.02. The Labute approximate surface area is 108 Å². The van der Waals surface area contributed by atoms with Crippen molar-refractivity contribution in [1.29, 1.82) is 0 Å². The molecule has 2 atom stereocenters. The van der Waals surface area contributed by atoms with E-state index in [1.807, 2.05) is 6.92 Å². The number of rotatable bonds is 4. The third-order valence-corrected chi connectivity index (χ3v) is 2.80. The number of aliphatic hydroxyl groups excluding tert-OH is 1. The standard InChI is InChI=1S/C11H16F3NO4/c1-2-3-4-19-9(17)8-5-7(16)6-15(8)10(18)11(12,13)14/h7-8,16H,2-6H2,1H3/t7?,8-/m0/s1. The van der Waals surface area contributed by atoms with Crippen molar-refractivity contribution in [3.63, 3.8) is 0 Å². The van der Waals surface area contributed by atoms with Gasteiger partial charge in [-0.15, -0.1) is 0 Å². The Hall–Kier alpha value is -1.31. The van der Waals surface area contributed by atoms with Crippen molar-refractivity contribution >= 4 is 11.9 Å². The summed E-state index contributed by atoms with van der Waals surface area (Å²) in [7, 11) is 0. The minimum absolute atomic E-state index is 0.0932. The minimum atomic E-state index is -5.06. The Balaban J connectivity index is 2.69. The first kappa shape index (κ1) is 15.7. The fraction of sp³-hybridized carbons (Fsp3) is 0.818. The monoisotopic (exact) mass is 283 g/mol. The molecule has 8 heteroatoms. The lowest BCUT2D eigenvalue weighted by Crippen LogP contribution is -2.47. The zero-order valence-corrected chi connectivity index (χ0v) is 10.4. The van der Waals surface area contributed by atoms with Gasteiger partial charge >= 0.3 is 18.1 Å². The minimum Gasteiger partial charge on any atom is -0.464 e. The number of hydrogen-bond acceptors (Lipinski definition) is 4. The Bertz CT molecular complexity index is 345. The molecular formula is C11H16F3NO4. The summed E-state index contributed by atoms with van der Waals surface area (Å²) in [6, 6.07) is -1.36. The molecule has 0 aromatic rings. The van der Waals surface area contributed by atoms with E-state index in [0.29, 0.717) is 11.3 Å². The number of ether oxygens (including phenoxy) is 1. The topological polar surface area (TPSA) is 66.8 Å². The SMILES string of the molecule is CCCCOC(=O)[C@@H]1CC(O)CN1C(=O)C(F)(F)F. The Morgan fingerprint density at radius 3 is 2.58 bits per heavy atom. The number of amides is 1. The Kier molecular flexibility index (Phi) is 5.16. The average Bonchev–Trinajstić information content (AvgIpc) is 2.69. The number of likely N-dealkylation sites (tertiary alicyclic amines) is 1. The van der Waals surface area contributed by atoms with E-state index in [4.69, 9.17) is 4.74 Å².